The van der Waals surface area contributed by atoms with Gasteiger partial charge in [-0.05, 0) is 55.5 Å². The molecule has 1 aromatic carbocycles. The quantitative estimate of drug-likeness (QED) is 0.881. The number of aromatic nitrogens is 2. The van der Waals surface area contributed by atoms with Gasteiger partial charge in [-0.1, -0.05) is 12.8 Å². The molecule has 1 amide bonds. The Hall–Kier alpha value is -2.37. The van der Waals surface area contributed by atoms with Gasteiger partial charge in [0.1, 0.15) is 5.82 Å². The van der Waals surface area contributed by atoms with Gasteiger partial charge in [0.05, 0.1) is 5.69 Å². The molecule has 0 radical (unpaired) electrons. The number of benzene rings is 1. The Kier molecular flexibility index (Phi) is 4.91. The molecule has 138 valence electrons. The summed E-state index contributed by atoms with van der Waals surface area (Å²) in [4.78, 5) is 14.6. The average molecular weight is 356 g/mol. The number of amides is 1. The maximum atomic E-state index is 13.1. The fraction of sp³-hybridized carbons (Fsp3) is 0.500. The van der Waals surface area contributed by atoms with Crippen LogP contribution in [0.3, 0.4) is 0 Å². The Labute approximate surface area is 153 Å². The number of carbonyl (C=O) groups is 1. The highest BCUT2D eigenvalue weighted by Gasteiger charge is 2.27. The Morgan fingerprint density at radius 3 is 2.69 bits per heavy atom. The molecule has 0 bridgehead atoms. The molecule has 1 aliphatic heterocycles. The lowest BCUT2D eigenvalue weighted by Crippen LogP contribution is -2.49. The first kappa shape index (κ1) is 17.1. The number of halogens is 1. The Morgan fingerprint density at radius 1 is 1.15 bits per heavy atom. The van der Waals surface area contributed by atoms with E-state index in [-0.39, 0.29) is 23.7 Å². The standard InChI is InChI=1S/C20H25FN4O/c21-16-9-7-14(8-10-16)18-12-19(24-23-18)25-11-3-6-17(13-25)22-20(26)15-4-1-2-5-15/h7-10,12,15,17H,1-6,11,13H2,(H,22,26)(H,23,24). The van der Waals surface area contributed by atoms with Gasteiger partial charge in [0, 0.05) is 31.1 Å². The molecular weight excluding hydrogens is 331 g/mol. The summed E-state index contributed by atoms with van der Waals surface area (Å²) in [5.41, 5.74) is 1.78. The van der Waals surface area contributed by atoms with Crippen molar-refractivity contribution in [2.24, 2.45) is 5.92 Å². The summed E-state index contributed by atoms with van der Waals surface area (Å²) < 4.78 is 13.1. The number of piperidine rings is 1. The molecule has 1 saturated heterocycles. The molecule has 2 fully saturated rings. The second-order valence-electron chi connectivity index (χ2n) is 7.42. The second kappa shape index (κ2) is 7.48. The summed E-state index contributed by atoms with van der Waals surface area (Å²) in [5.74, 6) is 1.07. The highest BCUT2D eigenvalue weighted by atomic mass is 19.1. The minimum absolute atomic E-state index is 0.183. The zero-order chi connectivity index (χ0) is 17.9. The molecular formula is C20H25FN4O. The van der Waals surface area contributed by atoms with Crippen molar-refractivity contribution < 1.29 is 9.18 Å². The number of nitrogens with zero attached hydrogens (tertiary/aromatic N) is 2. The third-order valence-electron chi connectivity index (χ3n) is 5.54. The van der Waals surface area contributed by atoms with Crippen molar-refractivity contribution in [2.45, 2.75) is 44.6 Å². The van der Waals surface area contributed by atoms with Crippen LogP contribution in [0.25, 0.3) is 11.3 Å². The molecule has 2 aromatic rings. The van der Waals surface area contributed by atoms with Gasteiger partial charge in [-0.25, -0.2) is 4.39 Å². The SMILES string of the molecule is O=C(NC1CCCN(c2cc(-c3ccc(F)cc3)[nH]n2)C1)C1CCCC1. The van der Waals surface area contributed by atoms with E-state index in [1.165, 1.54) is 25.0 Å². The van der Waals surface area contributed by atoms with Gasteiger partial charge >= 0.3 is 0 Å². The lowest BCUT2D eigenvalue weighted by atomic mass is 10.0. The van der Waals surface area contributed by atoms with E-state index in [0.717, 1.165) is 55.8 Å². The Balaban J connectivity index is 1.40. The van der Waals surface area contributed by atoms with Crippen LogP contribution in [0.15, 0.2) is 30.3 Å². The average Bonchev–Trinajstić information content (AvgIpc) is 3.35. The van der Waals surface area contributed by atoms with Crippen molar-refractivity contribution in [2.75, 3.05) is 18.0 Å². The monoisotopic (exact) mass is 356 g/mol. The summed E-state index contributed by atoms with van der Waals surface area (Å²) in [6.07, 6.45) is 6.46. The van der Waals surface area contributed by atoms with Crippen molar-refractivity contribution in [1.82, 2.24) is 15.5 Å². The van der Waals surface area contributed by atoms with E-state index in [1.54, 1.807) is 12.1 Å². The van der Waals surface area contributed by atoms with E-state index in [0.29, 0.717) is 0 Å². The van der Waals surface area contributed by atoms with Crippen LogP contribution in [0.1, 0.15) is 38.5 Å². The largest absolute Gasteiger partial charge is 0.353 e. The van der Waals surface area contributed by atoms with Crippen molar-refractivity contribution in [3.05, 3.63) is 36.1 Å². The highest BCUT2D eigenvalue weighted by molar-refractivity contribution is 5.79. The maximum Gasteiger partial charge on any atom is 0.223 e. The normalized spacial score (nSPS) is 21.1. The molecule has 1 atom stereocenters. The number of carbonyl (C=O) groups excluding carboxylic acids is 1. The smallest absolute Gasteiger partial charge is 0.223 e. The molecule has 26 heavy (non-hydrogen) atoms. The summed E-state index contributed by atoms with van der Waals surface area (Å²) in [6.45, 7) is 1.72. The predicted molar refractivity (Wildman–Crippen MR) is 99.3 cm³/mol. The summed E-state index contributed by atoms with van der Waals surface area (Å²) in [7, 11) is 0. The van der Waals surface area contributed by atoms with Crippen LogP contribution in [0.4, 0.5) is 10.2 Å². The summed E-state index contributed by atoms with van der Waals surface area (Å²) in [6, 6.07) is 8.56. The van der Waals surface area contributed by atoms with E-state index in [4.69, 9.17) is 0 Å². The topological polar surface area (TPSA) is 61.0 Å². The first-order valence-corrected chi connectivity index (χ1v) is 9.56. The van der Waals surface area contributed by atoms with Crippen LogP contribution in [-0.2, 0) is 4.79 Å². The molecule has 6 heteroatoms. The number of hydrogen-bond donors (Lipinski definition) is 2. The lowest BCUT2D eigenvalue weighted by Gasteiger charge is -2.33. The Bertz CT molecular complexity index is 751. The summed E-state index contributed by atoms with van der Waals surface area (Å²) >= 11 is 0. The van der Waals surface area contributed by atoms with Crippen LogP contribution in [0, 0.1) is 11.7 Å². The first-order valence-electron chi connectivity index (χ1n) is 9.56. The molecule has 1 unspecified atom stereocenters. The summed E-state index contributed by atoms with van der Waals surface area (Å²) in [5, 5.41) is 10.7. The number of H-pyrrole nitrogens is 1. The maximum absolute atomic E-state index is 13.1. The molecule has 1 aliphatic carbocycles. The van der Waals surface area contributed by atoms with Gasteiger partial charge in [0.2, 0.25) is 5.91 Å². The number of hydrogen-bond acceptors (Lipinski definition) is 3. The van der Waals surface area contributed by atoms with Gasteiger partial charge in [0.15, 0.2) is 5.82 Å². The molecule has 0 spiro atoms. The molecule has 1 aromatic heterocycles. The molecule has 2 N–H and O–H groups in total. The number of nitrogens with one attached hydrogen (secondary N) is 2. The van der Waals surface area contributed by atoms with Crippen LogP contribution in [-0.4, -0.2) is 35.2 Å². The van der Waals surface area contributed by atoms with Crippen molar-refractivity contribution in [1.29, 1.82) is 0 Å². The van der Waals surface area contributed by atoms with Crippen LogP contribution in [0.5, 0.6) is 0 Å². The molecule has 2 heterocycles. The fourth-order valence-corrected chi connectivity index (χ4v) is 4.06. The Morgan fingerprint density at radius 2 is 1.92 bits per heavy atom. The van der Waals surface area contributed by atoms with Crippen molar-refractivity contribution in [3.8, 4) is 11.3 Å². The molecule has 1 saturated carbocycles. The number of aromatic amines is 1. The first-order chi connectivity index (χ1) is 12.7. The van der Waals surface area contributed by atoms with Gasteiger partial charge < -0.3 is 10.2 Å². The number of anilines is 1. The molecule has 2 aliphatic rings. The zero-order valence-corrected chi connectivity index (χ0v) is 14.9. The fourth-order valence-electron chi connectivity index (χ4n) is 4.06. The van der Waals surface area contributed by atoms with Gasteiger partial charge in [-0.2, -0.15) is 5.10 Å². The second-order valence-corrected chi connectivity index (χ2v) is 7.42. The number of rotatable bonds is 4. The molecule has 4 rings (SSSR count). The minimum atomic E-state index is -0.245. The van der Waals surface area contributed by atoms with Gasteiger partial charge in [-0.15, -0.1) is 0 Å². The molecule has 5 nitrogen and oxygen atoms in total. The van der Waals surface area contributed by atoms with Crippen LogP contribution >= 0.6 is 0 Å². The third-order valence-corrected chi connectivity index (χ3v) is 5.54. The zero-order valence-electron chi connectivity index (χ0n) is 14.9. The minimum Gasteiger partial charge on any atom is -0.353 e. The van der Waals surface area contributed by atoms with E-state index < -0.39 is 0 Å². The predicted octanol–water partition coefficient (Wildman–Crippen LogP) is 3.49. The van der Waals surface area contributed by atoms with Crippen molar-refractivity contribution in [3.63, 3.8) is 0 Å². The van der Waals surface area contributed by atoms with Crippen molar-refractivity contribution >= 4 is 11.7 Å². The van der Waals surface area contributed by atoms with E-state index >= 15 is 0 Å². The highest BCUT2D eigenvalue weighted by Crippen LogP contribution is 2.27. The van der Waals surface area contributed by atoms with E-state index in [1.807, 2.05) is 6.07 Å². The van der Waals surface area contributed by atoms with Crippen LogP contribution < -0.4 is 10.2 Å². The lowest BCUT2D eigenvalue weighted by molar-refractivity contribution is -0.125. The van der Waals surface area contributed by atoms with Crippen LogP contribution in [0.2, 0.25) is 0 Å². The van der Waals surface area contributed by atoms with Gasteiger partial charge in [0.25, 0.3) is 0 Å². The van der Waals surface area contributed by atoms with E-state index in [9.17, 15) is 9.18 Å². The third kappa shape index (κ3) is 3.74. The van der Waals surface area contributed by atoms with E-state index in [2.05, 4.69) is 20.4 Å². The van der Waals surface area contributed by atoms with Gasteiger partial charge in [-0.3, -0.25) is 9.89 Å².